The lowest BCUT2D eigenvalue weighted by molar-refractivity contribution is -0.268. The summed E-state index contributed by atoms with van der Waals surface area (Å²) < 4.78 is 15.1. The fraction of sp³-hybridized carbons (Fsp3) is 0.812. The second-order valence-corrected chi connectivity index (χ2v) is 8.25. The first-order valence-corrected chi connectivity index (χ1v) is 7.18. The molecule has 0 rings (SSSR count). The molecule has 0 aliphatic rings. The summed E-state index contributed by atoms with van der Waals surface area (Å²) in [6.45, 7) is 13.1. The van der Waals surface area contributed by atoms with E-state index in [0.29, 0.717) is 0 Å². The fourth-order valence-corrected chi connectivity index (χ4v) is 0.865. The van der Waals surface area contributed by atoms with Crippen molar-refractivity contribution in [2.45, 2.75) is 68.8 Å². The Kier molecular flexibility index (Phi) is 6.19. The van der Waals surface area contributed by atoms with Crippen molar-refractivity contribution in [2.24, 2.45) is 16.2 Å². The molecule has 6 heteroatoms. The average Bonchev–Trinajstić information content (AvgIpc) is 2.24. The molecule has 0 aromatic carbocycles. The molecule has 0 atom stereocenters. The summed E-state index contributed by atoms with van der Waals surface area (Å²) in [5.74, 6) is -1.91. The Labute approximate surface area is 132 Å². The first-order chi connectivity index (χ1) is 9.55. The van der Waals surface area contributed by atoms with Gasteiger partial charge in [-0.25, -0.2) is 0 Å². The maximum atomic E-state index is 11.9. The van der Waals surface area contributed by atoms with Gasteiger partial charge in [-0.1, -0.05) is 0 Å². The first-order valence-electron chi connectivity index (χ1n) is 7.18. The van der Waals surface area contributed by atoms with Crippen LogP contribution in [-0.2, 0) is 28.6 Å². The SMILES string of the molecule is CC(C)(C)C(=O)OC(OC(=O)C(C)(C)C)OC(=O)C(C)(C)C. The first kappa shape index (κ1) is 20.4. The molecule has 0 aromatic rings. The van der Waals surface area contributed by atoms with E-state index in [4.69, 9.17) is 14.2 Å². The second-order valence-electron chi connectivity index (χ2n) is 8.25. The molecule has 0 fully saturated rings. The Balaban J connectivity index is 5.12. The van der Waals surface area contributed by atoms with Crippen LogP contribution in [-0.4, -0.2) is 24.4 Å². The van der Waals surface area contributed by atoms with Crippen LogP contribution >= 0.6 is 0 Å². The van der Waals surface area contributed by atoms with Crippen LogP contribution in [0, 0.1) is 16.2 Å². The molecule has 0 amide bonds. The van der Waals surface area contributed by atoms with Crippen molar-refractivity contribution in [3.63, 3.8) is 0 Å². The minimum Gasteiger partial charge on any atom is -0.390 e. The van der Waals surface area contributed by atoms with Crippen LogP contribution in [0.2, 0.25) is 0 Å². The summed E-state index contributed by atoms with van der Waals surface area (Å²) in [5.41, 5.74) is -2.46. The maximum absolute atomic E-state index is 11.9. The molecule has 6 nitrogen and oxygen atoms in total. The molecule has 0 spiro atoms. The van der Waals surface area contributed by atoms with E-state index in [1.807, 2.05) is 0 Å². The van der Waals surface area contributed by atoms with E-state index in [0.717, 1.165) is 0 Å². The third kappa shape index (κ3) is 6.91. The van der Waals surface area contributed by atoms with Gasteiger partial charge in [0, 0.05) is 0 Å². The Morgan fingerprint density at radius 1 is 0.545 bits per heavy atom. The van der Waals surface area contributed by atoms with E-state index in [1.165, 1.54) is 0 Å². The van der Waals surface area contributed by atoms with Crippen LogP contribution in [0.5, 0.6) is 0 Å². The zero-order valence-electron chi connectivity index (χ0n) is 15.0. The van der Waals surface area contributed by atoms with Crippen LogP contribution in [0.4, 0.5) is 0 Å². The van der Waals surface area contributed by atoms with Crippen LogP contribution in [0.3, 0.4) is 0 Å². The number of esters is 3. The molecule has 0 radical (unpaired) electrons. The molecule has 0 aromatic heterocycles. The van der Waals surface area contributed by atoms with Crippen molar-refractivity contribution < 1.29 is 28.6 Å². The summed E-state index contributed by atoms with van der Waals surface area (Å²) in [5, 5.41) is 0. The standard InChI is InChI=1S/C16H28O6/c1-14(2,3)10(17)20-13(21-11(18)15(4,5)6)22-12(19)16(7,8)9/h13H,1-9H3. The van der Waals surface area contributed by atoms with Crippen molar-refractivity contribution in [3.8, 4) is 0 Å². The van der Waals surface area contributed by atoms with Gasteiger partial charge in [0.15, 0.2) is 0 Å². The summed E-state index contributed by atoms with van der Waals surface area (Å²) in [6.07, 6.45) is 0. The maximum Gasteiger partial charge on any atom is 0.412 e. The summed E-state index contributed by atoms with van der Waals surface area (Å²) in [7, 11) is 0. The van der Waals surface area contributed by atoms with E-state index in [-0.39, 0.29) is 0 Å². The Hall–Kier alpha value is -1.59. The highest BCUT2D eigenvalue weighted by Crippen LogP contribution is 2.23. The molecule has 0 bridgehead atoms. The molecule has 0 saturated heterocycles. The van der Waals surface area contributed by atoms with Gasteiger partial charge in [0.2, 0.25) is 0 Å². The number of hydrogen-bond donors (Lipinski definition) is 0. The molecule has 0 N–H and O–H groups in total. The molecular weight excluding hydrogens is 288 g/mol. The van der Waals surface area contributed by atoms with Crippen LogP contribution in [0.25, 0.3) is 0 Å². The molecule has 0 heterocycles. The van der Waals surface area contributed by atoms with E-state index >= 15 is 0 Å². The van der Waals surface area contributed by atoms with Gasteiger partial charge >= 0.3 is 24.4 Å². The van der Waals surface area contributed by atoms with Gasteiger partial charge in [-0.2, -0.15) is 0 Å². The lowest BCUT2D eigenvalue weighted by atomic mass is 9.97. The molecule has 128 valence electrons. The van der Waals surface area contributed by atoms with Crippen LogP contribution in [0.1, 0.15) is 62.3 Å². The van der Waals surface area contributed by atoms with E-state index in [2.05, 4.69) is 0 Å². The molecule has 0 aliphatic carbocycles. The van der Waals surface area contributed by atoms with E-state index in [9.17, 15) is 14.4 Å². The minimum atomic E-state index is -1.69. The highest BCUT2D eigenvalue weighted by atomic mass is 16.9. The Morgan fingerprint density at radius 2 is 0.727 bits per heavy atom. The molecule has 0 unspecified atom stereocenters. The number of ether oxygens (including phenoxy) is 3. The normalized spacial score (nSPS) is 12.8. The summed E-state index contributed by atoms with van der Waals surface area (Å²) >= 11 is 0. The highest BCUT2D eigenvalue weighted by Gasteiger charge is 2.35. The lowest BCUT2D eigenvalue weighted by Crippen LogP contribution is -2.39. The Morgan fingerprint density at radius 3 is 0.864 bits per heavy atom. The minimum absolute atomic E-state index is 0.638. The highest BCUT2D eigenvalue weighted by molar-refractivity contribution is 5.78. The quantitative estimate of drug-likeness (QED) is 0.588. The topological polar surface area (TPSA) is 78.9 Å². The third-order valence-corrected chi connectivity index (χ3v) is 2.45. The number of hydrogen-bond acceptors (Lipinski definition) is 6. The van der Waals surface area contributed by atoms with Gasteiger partial charge in [-0.15, -0.1) is 0 Å². The summed E-state index contributed by atoms with van der Waals surface area (Å²) in [6, 6.07) is 0. The van der Waals surface area contributed by atoms with E-state index in [1.54, 1.807) is 62.3 Å². The monoisotopic (exact) mass is 316 g/mol. The van der Waals surface area contributed by atoms with Gasteiger partial charge in [-0.3, -0.25) is 14.4 Å². The Bertz CT molecular complexity index is 364. The lowest BCUT2D eigenvalue weighted by Gasteiger charge is -2.27. The predicted octanol–water partition coefficient (Wildman–Crippen LogP) is 3.04. The second kappa shape index (κ2) is 6.67. The largest absolute Gasteiger partial charge is 0.412 e. The van der Waals surface area contributed by atoms with Crippen LogP contribution < -0.4 is 0 Å². The number of carbonyl (C=O) groups excluding carboxylic acids is 3. The number of rotatable bonds is 3. The van der Waals surface area contributed by atoms with Gasteiger partial charge in [0.25, 0.3) is 0 Å². The fourth-order valence-electron chi connectivity index (χ4n) is 0.865. The average molecular weight is 316 g/mol. The van der Waals surface area contributed by atoms with Gasteiger partial charge in [0.05, 0.1) is 16.2 Å². The molecule has 0 saturated carbocycles. The smallest absolute Gasteiger partial charge is 0.390 e. The van der Waals surface area contributed by atoms with E-state index < -0.39 is 40.6 Å². The van der Waals surface area contributed by atoms with Gasteiger partial charge < -0.3 is 14.2 Å². The zero-order valence-corrected chi connectivity index (χ0v) is 15.0. The van der Waals surface area contributed by atoms with Crippen molar-refractivity contribution >= 4 is 17.9 Å². The molecule has 22 heavy (non-hydrogen) atoms. The molecule has 0 aliphatic heterocycles. The third-order valence-electron chi connectivity index (χ3n) is 2.45. The molecular formula is C16H28O6. The van der Waals surface area contributed by atoms with Gasteiger partial charge in [-0.05, 0) is 62.3 Å². The van der Waals surface area contributed by atoms with Crippen molar-refractivity contribution in [1.29, 1.82) is 0 Å². The van der Waals surface area contributed by atoms with Crippen molar-refractivity contribution in [1.82, 2.24) is 0 Å². The zero-order chi connectivity index (χ0) is 17.9. The van der Waals surface area contributed by atoms with Crippen molar-refractivity contribution in [3.05, 3.63) is 0 Å². The van der Waals surface area contributed by atoms with Gasteiger partial charge in [0.1, 0.15) is 0 Å². The predicted molar refractivity (Wildman–Crippen MR) is 80.4 cm³/mol. The van der Waals surface area contributed by atoms with Crippen LogP contribution in [0.15, 0.2) is 0 Å². The number of carbonyl (C=O) groups is 3. The summed E-state index contributed by atoms with van der Waals surface area (Å²) in [4.78, 5) is 35.8. The van der Waals surface area contributed by atoms with Crippen molar-refractivity contribution in [2.75, 3.05) is 0 Å².